The zero-order chi connectivity index (χ0) is 20.5. The predicted molar refractivity (Wildman–Crippen MR) is 124 cm³/mol. The zero-order valence-electron chi connectivity index (χ0n) is 16.5. The molecule has 0 radical (unpaired) electrons. The fourth-order valence-electron chi connectivity index (χ4n) is 3.21. The van der Waals surface area contributed by atoms with E-state index in [2.05, 4.69) is 31.2 Å². The lowest BCUT2D eigenvalue weighted by Gasteiger charge is -2.18. The Bertz CT molecular complexity index is 1100. The molecule has 0 bridgehead atoms. The quantitative estimate of drug-likeness (QED) is 0.416. The van der Waals surface area contributed by atoms with Crippen LogP contribution < -0.4 is 0 Å². The Morgan fingerprint density at radius 3 is 2.38 bits per heavy atom. The van der Waals surface area contributed by atoms with Crippen molar-refractivity contribution in [2.75, 3.05) is 0 Å². The van der Waals surface area contributed by atoms with Crippen LogP contribution >= 0.6 is 24.0 Å². The fourth-order valence-corrected chi connectivity index (χ4v) is 4.72. The van der Waals surface area contributed by atoms with Gasteiger partial charge in [0, 0.05) is 23.4 Å². The van der Waals surface area contributed by atoms with E-state index >= 15 is 0 Å². The van der Waals surface area contributed by atoms with Crippen LogP contribution in [-0.2, 0) is 4.79 Å². The summed E-state index contributed by atoms with van der Waals surface area (Å²) in [6, 6.07) is 18.3. The number of aromatic nitrogens is 2. The Balaban J connectivity index is 1.82. The van der Waals surface area contributed by atoms with Crippen molar-refractivity contribution in [1.82, 2.24) is 14.7 Å². The van der Waals surface area contributed by atoms with E-state index in [-0.39, 0.29) is 11.9 Å². The summed E-state index contributed by atoms with van der Waals surface area (Å²) in [5, 5.41) is 4.83. The lowest BCUT2D eigenvalue weighted by atomic mass is 10.1. The highest BCUT2D eigenvalue weighted by Gasteiger charge is 2.34. The number of benzene rings is 2. The molecule has 0 unspecified atom stereocenters. The summed E-state index contributed by atoms with van der Waals surface area (Å²) in [4.78, 5) is 15.1. The first-order valence-electron chi connectivity index (χ1n) is 9.43. The van der Waals surface area contributed by atoms with E-state index in [4.69, 9.17) is 17.3 Å². The van der Waals surface area contributed by atoms with Crippen molar-refractivity contribution in [3.8, 4) is 16.9 Å². The van der Waals surface area contributed by atoms with Crippen LogP contribution in [0.15, 0.2) is 65.7 Å². The molecule has 2 heterocycles. The van der Waals surface area contributed by atoms with Crippen LogP contribution in [0.4, 0.5) is 0 Å². The minimum absolute atomic E-state index is 0.0389. The van der Waals surface area contributed by atoms with Gasteiger partial charge in [0.25, 0.3) is 5.91 Å². The van der Waals surface area contributed by atoms with Crippen molar-refractivity contribution in [2.45, 2.75) is 26.8 Å². The van der Waals surface area contributed by atoms with Crippen LogP contribution in [-0.4, -0.2) is 30.9 Å². The van der Waals surface area contributed by atoms with Crippen molar-refractivity contribution < 1.29 is 4.79 Å². The predicted octanol–water partition coefficient (Wildman–Crippen LogP) is 5.46. The van der Waals surface area contributed by atoms with Gasteiger partial charge in [-0.25, -0.2) is 4.68 Å². The van der Waals surface area contributed by atoms with Gasteiger partial charge in [0.2, 0.25) is 0 Å². The third-order valence-electron chi connectivity index (χ3n) is 4.71. The first kappa shape index (κ1) is 19.6. The largest absolute Gasteiger partial charge is 0.290 e. The van der Waals surface area contributed by atoms with E-state index in [9.17, 15) is 4.79 Å². The summed E-state index contributed by atoms with van der Waals surface area (Å²) >= 11 is 6.76. The Kier molecular flexibility index (Phi) is 5.39. The lowest BCUT2D eigenvalue weighted by Crippen LogP contribution is -2.34. The minimum Gasteiger partial charge on any atom is -0.290 e. The molecule has 3 aromatic rings. The van der Waals surface area contributed by atoms with E-state index in [0.717, 1.165) is 22.5 Å². The Morgan fingerprint density at radius 2 is 1.76 bits per heavy atom. The van der Waals surface area contributed by atoms with E-state index in [0.29, 0.717) is 9.23 Å². The van der Waals surface area contributed by atoms with Crippen LogP contribution in [0, 0.1) is 6.92 Å². The number of hydrogen-bond donors (Lipinski definition) is 0. The molecule has 1 aliphatic heterocycles. The topological polar surface area (TPSA) is 38.1 Å². The molecule has 4 rings (SSSR count). The second-order valence-corrected chi connectivity index (χ2v) is 8.90. The van der Waals surface area contributed by atoms with Crippen molar-refractivity contribution >= 4 is 40.3 Å². The van der Waals surface area contributed by atoms with Gasteiger partial charge in [-0.3, -0.25) is 9.69 Å². The summed E-state index contributed by atoms with van der Waals surface area (Å²) in [6.07, 6.45) is 3.87. The van der Waals surface area contributed by atoms with Crippen molar-refractivity contribution in [2.24, 2.45) is 0 Å². The molecule has 0 N–H and O–H groups in total. The maximum atomic E-state index is 12.9. The van der Waals surface area contributed by atoms with Crippen LogP contribution in [0.2, 0.25) is 0 Å². The average molecular weight is 420 g/mol. The number of thiocarbonyl (C=S) groups is 1. The molecule has 1 saturated heterocycles. The van der Waals surface area contributed by atoms with E-state index in [1.54, 1.807) is 4.90 Å². The molecule has 6 heteroatoms. The van der Waals surface area contributed by atoms with E-state index < -0.39 is 0 Å². The van der Waals surface area contributed by atoms with Crippen LogP contribution in [0.3, 0.4) is 0 Å². The van der Waals surface area contributed by atoms with Crippen molar-refractivity contribution in [1.29, 1.82) is 0 Å². The molecule has 1 fully saturated rings. The van der Waals surface area contributed by atoms with Gasteiger partial charge in [0.15, 0.2) is 0 Å². The normalized spacial score (nSPS) is 15.7. The van der Waals surface area contributed by atoms with Gasteiger partial charge in [-0.15, -0.1) is 0 Å². The molecule has 146 valence electrons. The van der Waals surface area contributed by atoms with Gasteiger partial charge in [-0.1, -0.05) is 72.0 Å². The number of carbonyl (C=O) groups excluding carboxylic acids is 1. The maximum Gasteiger partial charge on any atom is 0.266 e. The number of rotatable bonds is 4. The third kappa shape index (κ3) is 3.91. The van der Waals surface area contributed by atoms with E-state index in [1.807, 2.05) is 61.1 Å². The van der Waals surface area contributed by atoms with Gasteiger partial charge in [0.05, 0.1) is 16.3 Å². The first-order chi connectivity index (χ1) is 13.9. The second-order valence-electron chi connectivity index (χ2n) is 7.22. The molecular weight excluding hydrogens is 398 g/mol. The molecule has 0 atom stereocenters. The fraction of sp³-hybridized carbons (Fsp3) is 0.174. The summed E-state index contributed by atoms with van der Waals surface area (Å²) in [5.74, 6) is -0.0442. The number of carbonyl (C=O) groups is 1. The van der Waals surface area contributed by atoms with Gasteiger partial charge in [-0.05, 0) is 39.0 Å². The molecule has 2 aromatic carbocycles. The Hall–Kier alpha value is -2.70. The minimum atomic E-state index is -0.0442. The smallest absolute Gasteiger partial charge is 0.266 e. The standard InChI is InChI=1S/C23H21N3OS2/c1-15(2)26-22(27)20(29-23(26)28)13-18-14-25(19-7-5-4-6-8-19)24-21(18)17-11-9-16(3)10-12-17/h4-15H,1-3H3/b20-13-. The lowest BCUT2D eigenvalue weighted by molar-refractivity contribution is -0.123. The number of hydrogen-bond acceptors (Lipinski definition) is 4. The van der Waals surface area contributed by atoms with Gasteiger partial charge < -0.3 is 0 Å². The zero-order valence-corrected chi connectivity index (χ0v) is 18.1. The van der Waals surface area contributed by atoms with Gasteiger partial charge >= 0.3 is 0 Å². The molecule has 0 spiro atoms. The molecular formula is C23H21N3OS2. The molecule has 1 aromatic heterocycles. The summed E-state index contributed by atoms with van der Waals surface area (Å²) in [7, 11) is 0. The summed E-state index contributed by atoms with van der Waals surface area (Å²) in [5.41, 5.74) is 4.90. The maximum absolute atomic E-state index is 12.9. The monoisotopic (exact) mass is 419 g/mol. The van der Waals surface area contributed by atoms with Crippen LogP contribution in [0.1, 0.15) is 25.0 Å². The van der Waals surface area contributed by atoms with Crippen LogP contribution in [0.5, 0.6) is 0 Å². The molecule has 29 heavy (non-hydrogen) atoms. The molecule has 1 amide bonds. The van der Waals surface area contributed by atoms with Gasteiger partial charge in [0.1, 0.15) is 4.32 Å². The Morgan fingerprint density at radius 1 is 1.07 bits per heavy atom. The SMILES string of the molecule is Cc1ccc(-c2nn(-c3ccccc3)cc2/C=C2\SC(=S)N(C(C)C)C2=O)cc1. The molecule has 0 saturated carbocycles. The molecule has 4 nitrogen and oxygen atoms in total. The van der Waals surface area contributed by atoms with E-state index in [1.165, 1.54) is 17.3 Å². The molecule has 0 aliphatic carbocycles. The summed E-state index contributed by atoms with van der Waals surface area (Å²) < 4.78 is 2.45. The Labute approximate surface area is 180 Å². The molecule has 1 aliphatic rings. The highest BCUT2D eigenvalue weighted by atomic mass is 32.2. The third-order valence-corrected chi connectivity index (χ3v) is 6.05. The van der Waals surface area contributed by atoms with Crippen molar-refractivity contribution in [3.05, 3.63) is 76.8 Å². The number of amides is 1. The highest BCUT2D eigenvalue weighted by Crippen LogP contribution is 2.35. The highest BCUT2D eigenvalue weighted by molar-refractivity contribution is 8.26. The second kappa shape index (κ2) is 7.97. The van der Waals surface area contributed by atoms with Crippen molar-refractivity contribution in [3.63, 3.8) is 0 Å². The number of para-hydroxylation sites is 1. The average Bonchev–Trinajstić information content (AvgIpc) is 3.24. The first-order valence-corrected chi connectivity index (χ1v) is 10.7. The number of nitrogens with zero attached hydrogens (tertiary/aromatic N) is 3. The summed E-state index contributed by atoms with van der Waals surface area (Å²) in [6.45, 7) is 6.00. The van der Waals surface area contributed by atoms with Gasteiger partial charge in [-0.2, -0.15) is 5.10 Å². The number of thioether (sulfide) groups is 1. The van der Waals surface area contributed by atoms with Crippen LogP contribution in [0.25, 0.3) is 23.0 Å². The number of aryl methyl sites for hydroxylation is 1.